The highest BCUT2D eigenvalue weighted by Gasteiger charge is 2.06. The van der Waals surface area contributed by atoms with Crippen molar-refractivity contribution >= 4 is 21.7 Å². The van der Waals surface area contributed by atoms with E-state index < -0.39 is 0 Å². The Kier molecular flexibility index (Phi) is 4.95. The maximum Gasteiger partial charge on any atom is 0.224 e. The van der Waals surface area contributed by atoms with E-state index in [0.717, 1.165) is 40.4 Å². The molecule has 0 amide bonds. The van der Waals surface area contributed by atoms with Gasteiger partial charge in [-0.1, -0.05) is 22.9 Å². The number of rotatable bonds is 5. The fourth-order valence-electron chi connectivity index (χ4n) is 1.76. The predicted molar refractivity (Wildman–Crippen MR) is 84.5 cm³/mol. The lowest BCUT2D eigenvalue weighted by Crippen LogP contribution is -2.04. The molecule has 106 valence electrons. The summed E-state index contributed by atoms with van der Waals surface area (Å²) in [5, 5.41) is 3.19. The first-order valence-electron chi connectivity index (χ1n) is 6.68. The van der Waals surface area contributed by atoms with Crippen molar-refractivity contribution < 1.29 is 4.74 Å². The van der Waals surface area contributed by atoms with Crippen LogP contribution in [0.4, 0.5) is 5.82 Å². The molecular weight excluding hydrogens is 318 g/mol. The number of ether oxygens (including phenoxy) is 1. The van der Waals surface area contributed by atoms with E-state index in [1.54, 1.807) is 0 Å². The Morgan fingerprint density at radius 3 is 2.65 bits per heavy atom. The molecule has 0 unspecified atom stereocenters. The molecular formula is C15H18BrN3O. The van der Waals surface area contributed by atoms with Crippen LogP contribution in [0.2, 0.25) is 0 Å². The Morgan fingerprint density at radius 2 is 2.00 bits per heavy atom. The van der Waals surface area contributed by atoms with E-state index in [2.05, 4.69) is 31.2 Å². The third-order valence-corrected chi connectivity index (χ3v) is 3.66. The van der Waals surface area contributed by atoms with Crippen LogP contribution in [0.25, 0.3) is 0 Å². The summed E-state index contributed by atoms with van der Waals surface area (Å²) in [7, 11) is 0. The van der Waals surface area contributed by atoms with Gasteiger partial charge in [0.2, 0.25) is 5.88 Å². The Hall–Kier alpha value is -1.62. The molecule has 4 nitrogen and oxygen atoms in total. The summed E-state index contributed by atoms with van der Waals surface area (Å²) in [6, 6.07) is 7.68. The van der Waals surface area contributed by atoms with E-state index in [1.165, 1.54) is 0 Å². The zero-order valence-corrected chi connectivity index (χ0v) is 13.5. The van der Waals surface area contributed by atoms with Crippen molar-refractivity contribution in [3.63, 3.8) is 0 Å². The maximum atomic E-state index is 5.83. The maximum absolute atomic E-state index is 5.83. The Balaban J connectivity index is 2.27. The number of anilines is 1. The number of aryl methyl sites for hydroxylation is 2. The summed E-state index contributed by atoms with van der Waals surface area (Å²) in [6.45, 7) is 6.90. The van der Waals surface area contributed by atoms with E-state index in [9.17, 15) is 0 Å². The first-order chi connectivity index (χ1) is 9.62. The van der Waals surface area contributed by atoms with Crippen molar-refractivity contribution in [3.05, 3.63) is 40.1 Å². The quantitative estimate of drug-likeness (QED) is 0.883. The largest absolute Gasteiger partial charge is 0.439 e. The van der Waals surface area contributed by atoms with Gasteiger partial charge in [0.15, 0.2) is 0 Å². The molecule has 0 atom stereocenters. The minimum Gasteiger partial charge on any atom is -0.439 e. The number of nitrogens with zero attached hydrogens (tertiary/aromatic N) is 2. The van der Waals surface area contributed by atoms with Gasteiger partial charge in [-0.25, -0.2) is 4.98 Å². The summed E-state index contributed by atoms with van der Waals surface area (Å²) in [5.74, 6) is 2.90. The minimum absolute atomic E-state index is 0.564. The lowest BCUT2D eigenvalue weighted by atomic mass is 10.2. The van der Waals surface area contributed by atoms with Crippen LogP contribution in [0.3, 0.4) is 0 Å². The molecule has 0 saturated carbocycles. The van der Waals surface area contributed by atoms with Crippen LogP contribution in [-0.2, 0) is 6.42 Å². The van der Waals surface area contributed by atoms with Crippen molar-refractivity contribution in [2.45, 2.75) is 27.2 Å². The SMILES string of the molecule is CCNc1cc(Oc2ccc(Br)c(C)c2)nc(CC)n1. The van der Waals surface area contributed by atoms with Gasteiger partial charge in [-0.15, -0.1) is 0 Å². The van der Waals surface area contributed by atoms with Crippen LogP contribution in [0, 0.1) is 6.92 Å². The number of nitrogens with one attached hydrogen (secondary N) is 1. The highest BCUT2D eigenvalue weighted by Crippen LogP contribution is 2.26. The van der Waals surface area contributed by atoms with E-state index >= 15 is 0 Å². The van der Waals surface area contributed by atoms with E-state index in [0.29, 0.717) is 5.88 Å². The fourth-order valence-corrected chi connectivity index (χ4v) is 2.00. The highest BCUT2D eigenvalue weighted by atomic mass is 79.9. The van der Waals surface area contributed by atoms with Gasteiger partial charge in [-0.05, 0) is 37.6 Å². The molecule has 1 N–H and O–H groups in total. The average Bonchev–Trinajstić information content (AvgIpc) is 2.43. The van der Waals surface area contributed by atoms with Gasteiger partial charge in [0.1, 0.15) is 17.4 Å². The summed E-state index contributed by atoms with van der Waals surface area (Å²) in [6.07, 6.45) is 0.773. The second kappa shape index (κ2) is 6.70. The van der Waals surface area contributed by atoms with Gasteiger partial charge in [-0.3, -0.25) is 0 Å². The van der Waals surface area contributed by atoms with E-state index in [4.69, 9.17) is 4.74 Å². The number of halogens is 1. The molecule has 0 saturated heterocycles. The van der Waals surface area contributed by atoms with Gasteiger partial charge in [0.25, 0.3) is 0 Å². The molecule has 0 aliphatic carbocycles. The first kappa shape index (κ1) is 14.8. The number of benzene rings is 1. The van der Waals surface area contributed by atoms with Crippen LogP contribution >= 0.6 is 15.9 Å². The molecule has 0 bridgehead atoms. The normalized spacial score (nSPS) is 10.4. The van der Waals surface area contributed by atoms with Crippen molar-refractivity contribution in [1.29, 1.82) is 0 Å². The molecule has 1 aromatic heterocycles. The van der Waals surface area contributed by atoms with Gasteiger partial charge in [0.05, 0.1) is 0 Å². The van der Waals surface area contributed by atoms with Crippen LogP contribution in [0.1, 0.15) is 25.2 Å². The Labute approximate surface area is 127 Å². The van der Waals surface area contributed by atoms with Crippen LogP contribution in [0.15, 0.2) is 28.7 Å². The van der Waals surface area contributed by atoms with Gasteiger partial charge >= 0.3 is 0 Å². The first-order valence-corrected chi connectivity index (χ1v) is 7.47. The summed E-state index contributed by atoms with van der Waals surface area (Å²) in [5.41, 5.74) is 1.12. The minimum atomic E-state index is 0.564. The smallest absolute Gasteiger partial charge is 0.224 e. The van der Waals surface area contributed by atoms with Crippen molar-refractivity contribution in [3.8, 4) is 11.6 Å². The highest BCUT2D eigenvalue weighted by molar-refractivity contribution is 9.10. The zero-order valence-electron chi connectivity index (χ0n) is 11.9. The molecule has 20 heavy (non-hydrogen) atoms. The molecule has 0 aliphatic heterocycles. The molecule has 1 heterocycles. The number of aromatic nitrogens is 2. The third-order valence-electron chi connectivity index (χ3n) is 2.77. The van der Waals surface area contributed by atoms with E-state index in [-0.39, 0.29) is 0 Å². The molecule has 5 heteroatoms. The van der Waals surface area contributed by atoms with Crippen molar-refractivity contribution in [2.24, 2.45) is 0 Å². The van der Waals surface area contributed by atoms with Crippen LogP contribution in [-0.4, -0.2) is 16.5 Å². The van der Waals surface area contributed by atoms with Crippen molar-refractivity contribution in [1.82, 2.24) is 9.97 Å². The molecule has 0 aliphatic rings. The summed E-state index contributed by atoms with van der Waals surface area (Å²) in [4.78, 5) is 8.80. The topological polar surface area (TPSA) is 47.0 Å². The second-order valence-corrected chi connectivity index (χ2v) is 5.26. The average molecular weight is 336 g/mol. The third kappa shape index (κ3) is 3.70. The van der Waals surface area contributed by atoms with Gasteiger partial charge in [0, 0.05) is 23.5 Å². The Morgan fingerprint density at radius 1 is 1.20 bits per heavy atom. The van der Waals surface area contributed by atoms with E-state index in [1.807, 2.05) is 45.0 Å². The summed E-state index contributed by atoms with van der Waals surface area (Å²) < 4.78 is 6.90. The monoisotopic (exact) mass is 335 g/mol. The van der Waals surface area contributed by atoms with Gasteiger partial charge in [-0.2, -0.15) is 4.98 Å². The zero-order chi connectivity index (χ0) is 14.5. The molecule has 0 radical (unpaired) electrons. The van der Waals surface area contributed by atoms with Gasteiger partial charge < -0.3 is 10.1 Å². The Bertz CT molecular complexity index is 602. The van der Waals surface area contributed by atoms with Crippen LogP contribution < -0.4 is 10.1 Å². The lowest BCUT2D eigenvalue weighted by molar-refractivity contribution is 0.458. The molecule has 2 aromatic rings. The molecule has 1 aromatic carbocycles. The lowest BCUT2D eigenvalue weighted by Gasteiger charge is -2.10. The van der Waals surface area contributed by atoms with Crippen LogP contribution in [0.5, 0.6) is 11.6 Å². The standard InChI is InChI=1S/C15H18BrN3O/c1-4-13-18-14(17-5-2)9-15(19-13)20-11-6-7-12(16)10(3)8-11/h6-9H,4-5H2,1-3H3,(H,17,18,19). The predicted octanol–water partition coefficient (Wildman–Crippen LogP) is 4.33. The fraction of sp³-hybridized carbons (Fsp3) is 0.333. The molecule has 2 rings (SSSR count). The summed E-state index contributed by atoms with van der Waals surface area (Å²) >= 11 is 3.48. The number of hydrogen-bond acceptors (Lipinski definition) is 4. The van der Waals surface area contributed by atoms with Crippen molar-refractivity contribution in [2.75, 3.05) is 11.9 Å². The second-order valence-electron chi connectivity index (χ2n) is 4.40. The number of hydrogen-bond donors (Lipinski definition) is 1. The molecule has 0 spiro atoms. The molecule has 0 fully saturated rings.